The van der Waals surface area contributed by atoms with Crippen LogP contribution >= 0.6 is 0 Å². The fourth-order valence-electron chi connectivity index (χ4n) is 2.52. The van der Waals surface area contributed by atoms with Gasteiger partial charge in [0.15, 0.2) is 0 Å². The summed E-state index contributed by atoms with van der Waals surface area (Å²) in [6, 6.07) is 16.8. The summed E-state index contributed by atoms with van der Waals surface area (Å²) >= 11 is 0. The van der Waals surface area contributed by atoms with Crippen LogP contribution in [0.1, 0.15) is 35.6 Å². The zero-order chi connectivity index (χ0) is 13.2. The molecule has 18 heavy (non-hydrogen) atoms. The van der Waals surface area contributed by atoms with Gasteiger partial charge >= 0.3 is 0 Å². The first kappa shape index (κ1) is 12.8. The molecule has 2 aromatic carbocycles. The number of hydrogen-bond acceptors (Lipinski definition) is 1. The van der Waals surface area contributed by atoms with E-state index in [1.807, 2.05) is 6.07 Å². The van der Waals surface area contributed by atoms with Crippen molar-refractivity contribution in [3.63, 3.8) is 0 Å². The van der Waals surface area contributed by atoms with Crippen LogP contribution in [-0.4, -0.2) is 0 Å². The fourth-order valence-corrected chi connectivity index (χ4v) is 2.52. The van der Waals surface area contributed by atoms with E-state index in [9.17, 15) is 0 Å². The molecule has 0 aliphatic heterocycles. The second-order valence-electron chi connectivity index (χ2n) is 4.94. The average molecular weight is 239 g/mol. The van der Waals surface area contributed by atoms with Crippen LogP contribution in [0.25, 0.3) is 0 Å². The summed E-state index contributed by atoms with van der Waals surface area (Å²) in [7, 11) is 0. The lowest BCUT2D eigenvalue weighted by Crippen LogP contribution is -2.38. The molecule has 1 unspecified atom stereocenters. The van der Waals surface area contributed by atoms with Crippen molar-refractivity contribution in [2.45, 2.75) is 32.7 Å². The van der Waals surface area contributed by atoms with Crippen molar-refractivity contribution in [3.8, 4) is 0 Å². The monoisotopic (exact) mass is 239 g/mol. The minimum Gasteiger partial charge on any atom is -0.318 e. The predicted octanol–water partition coefficient (Wildman–Crippen LogP) is 3.92. The smallest absolute Gasteiger partial charge is 0.0665 e. The molecule has 0 amide bonds. The van der Waals surface area contributed by atoms with Gasteiger partial charge in [0.1, 0.15) is 0 Å². The van der Waals surface area contributed by atoms with Gasteiger partial charge < -0.3 is 5.73 Å². The van der Waals surface area contributed by atoms with Gasteiger partial charge in [0.2, 0.25) is 0 Å². The van der Waals surface area contributed by atoms with Gasteiger partial charge in [-0.1, -0.05) is 55.5 Å². The number of benzene rings is 2. The Morgan fingerprint density at radius 1 is 0.944 bits per heavy atom. The topological polar surface area (TPSA) is 26.0 Å². The summed E-state index contributed by atoms with van der Waals surface area (Å²) in [6.07, 6.45) is 0.890. The lowest BCUT2D eigenvalue weighted by atomic mass is 9.79. The summed E-state index contributed by atoms with van der Waals surface area (Å²) in [4.78, 5) is 0. The van der Waals surface area contributed by atoms with Crippen molar-refractivity contribution in [3.05, 3.63) is 70.8 Å². The fraction of sp³-hybridized carbons (Fsp3) is 0.294. The Morgan fingerprint density at radius 2 is 1.61 bits per heavy atom. The summed E-state index contributed by atoms with van der Waals surface area (Å²) in [5.74, 6) is 0. The zero-order valence-corrected chi connectivity index (χ0v) is 11.4. The maximum Gasteiger partial charge on any atom is 0.0665 e. The molecule has 0 aliphatic carbocycles. The first-order chi connectivity index (χ1) is 8.59. The lowest BCUT2D eigenvalue weighted by Gasteiger charge is -2.31. The maximum atomic E-state index is 6.71. The molecule has 2 N–H and O–H groups in total. The summed E-state index contributed by atoms with van der Waals surface area (Å²) in [5, 5.41) is 0. The van der Waals surface area contributed by atoms with E-state index in [-0.39, 0.29) is 0 Å². The highest BCUT2D eigenvalue weighted by atomic mass is 14.7. The molecule has 0 heterocycles. The highest BCUT2D eigenvalue weighted by molar-refractivity contribution is 5.44. The molecule has 0 aromatic heterocycles. The third-order valence-corrected chi connectivity index (χ3v) is 3.93. The van der Waals surface area contributed by atoms with Crippen LogP contribution in [-0.2, 0) is 5.54 Å². The van der Waals surface area contributed by atoms with E-state index < -0.39 is 5.54 Å². The molecule has 2 aromatic rings. The molecule has 1 atom stereocenters. The molecule has 0 saturated heterocycles. The average Bonchev–Trinajstić information content (AvgIpc) is 2.42. The van der Waals surface area contributed by atoms with Gasteiger partial charge in [0, 0.05) is 0 Å². The number of aryl methyl sites for hydroxylation is 1. The van der Waals surface area contributed by atoms with Gasteiger partial charge in [-0.3, -0.25) is 0 Å². The zero-order valence-electron chi connectivity index (χ0n) is 11.4. The third-order valence-electron chi connectivity index (χ3n) is 3.93. The molecule has 0 fully saturated rings. The van der Waals surface area contributed by atoms with Crippen molar-refractivity contribution in [2.75, 3.05) is 0 Å². The minimum absolute atomic E-state index is 0.392. The Hall–Kier alpha value is -1.60. The first-order valence-electron chi connectivity index (χ1n) is 6.50. The second-order valence-corrected chi connectivity index (χ2v) is 4.94. The highest BCUT2D eigenvalue weighted by Crippen LogP contribution is 2.33. The molecule has 0 spiro atoms. The highest BCUT2D eigenvalue weighted by Gasteiger charge is 2.29. The molecule has 1 heteroatoms. The SMILES string of the molecule is CCC(N)(c1ccccc1)c1cccc(C)c1C. The molecule has 0 bridgehead atoms. The molecule has 2 rings (SSSR count). The first-order valence-corrected chi connectivity index (χ1v) is 6.50. The van der Waals surface area contributed by atoms with E-state index in [0.717, 1.165) is 6.42 Å². The molecular formula is C17H21N. The van der Waals surface area contributed by atoms with Gasteiger partial charge in [-0.25, -0.2) is 0 Å². The molecule has 0 saturated carbocycles. The van der Waals surface area contributed by atoms with Crippen LogP contribution < -0.4 is 5.73 Å². The van der Waals surface area contributed by atoms with E-state index in [4.69, 9.17) is 5.73 Å². The quantitative estimate of drug-likeness (QED) is 0.863. The van der Waals surface area contributed by atoms with Crippen molar-refractivity contribution in [2.24, 2.45) is 5.73 Å². The van der Waals surface area contributed by atoms with Crippen LogP contribution in [0.5, 0.6) is 0 Å². The summed E-state index contributed by atoms with van der Waals surface area (Å²) in [6.45, 7) is 6.44. The van der Waals surface area contributed by atoms with Gasteiger partial charge in [-0.2, -0.15) is 0 Å². The van der Waals surface area contributed by atoms with E-state index in [1.54, 1.807) is 0 Å². The van der Waals surface area contributed by atoms with Crippen LogP contribution in [0.2, 0.25) is 0 Å². The standard InChI is InChI=1S/C17H21N/c1-4-17(18,15-10-6-5-7-11-15)16-12-8-9-13(2)14(16)3/h5-12H,4,18H2,1-3H3. The van der Waals surface area contributed by atoms with Crippen LogP contribution in [0.3, 0.4) is 0 Å². The van der Waals surface area contributed by atoms with Crippen molar-refractivity contribution < 1.29 is 0 Å². The van der Waals surface area contributed by atoms with Gasteiger partial charge in [-0.05, 0) is 42.5 Å². The number of hydrogen-bond donors (Lipinski definition) is 1. The normalized spacial score (nSPS) is 14.2. The van der Waals surface area contributed by atoms with Crippen LogP contribution in [0.4, 0.5) is 0 Å². The number of rotatable bonds is 3. The van der Waals surface area contributed by atoms with E-state index >= 15 is 0 Å². The predicted molar refractivity (Wildman–Crippen MR) is 77.6 cm³/mol. The van der Waals surface area contributed by atoms with E-state index in [0.29, 0.717) is 0 Å². The van der Waals surface area contributed by atoms with Crippen molar-refractivity contribution in [1.82, 2.24) is 0 Å². The van der Waals surface area contributed by atoms with Crippen LogP contribution in [0.15, 0.2) is 48.5 Å². The molecule has 0 aliphatic rings. The summed E-state index contributed by atoms with van der Waals surface area (Å²) in [5.41, 5.74) is 11.3. The van der Waals surface area contributed by atoms with Crippen LogP contribution in [0, 0.1) is 13.8 Å². The third kappa shape index (κ3) is 2.06. The Balaban J connectivity index is 2.61. The van der Waals surface area contributed by atoms with Crippen molar-refractivity contribution in [1.29, 1.82) is 0 Å². The Morgan fingerprint density at radius 3 is 2.22 bits per heavy atom. The van der Waals surface area contributed by atoms with Crippen molar-refractivity contribution >= 4 is 0 Å². The Kier molecular flexibility index (Phi) is 3.53. The Labute approximate surface area is 110 Å². The molecular weight excluding hydrogens is 218 g/mol. The largest absolute Gasteiger partial charge is 0.318 e. The van der Waals surface area contributed by atoms with Gasteiger partial charge in [0.25, 0.3) is 0 Å². The molecule has 0 radical (unpaired) electrons. The van der Waals surface area contributed by atoms with E-state index in [1.165, 1.54) is 22.3 Å². The minimum atomic E-state index is -0.392. The molecule has 1 nitrogen and oxygen atoms in total. The second kappa shape index (κ2) is 4.95. The summed E-state index contributed by atoms with van der Waals surface area (Å²) < 4.78 is 0. The number of nitrogens with two attached hydrogens (primary N) is 1. The van der Waals surface area contributed by atoms with Gasteiger partial charge in [-0.15, -0.1) is 0 Å². The maximum absolute atomic E-state index is 6.71. The Bertz CT molecular complexity index is 531. The molecule has 94 valence electrons. The lowest BCUT2D eigenvalue weighted by molar-refractivity contribution is 0.515. The van der Waals surface area contributed by atoms with E-state index in [2.05, 4.69) is 63.2 Å². The van der Waals surface area contributed by atoms with Gasteiger partial charge in [0.05, 0.1) is 5.54 Å².